The van der Waals surface area contributed by atoms with Gasteiger partial charge in [0, 0.05) is 28.0 Å². The number of benzene rings is 2. The van der Waals surface area contributed by atoms with Gasteiger partial charge in [0.05, 0.1) is 0 Å². The molecule has 0 spiro atoms. The average Bonchev–Trinajstić information content (AvgIpc) is 3.22. The van der Waals surface area contributed by atoms with Crippen LogP contribution in [0, 0.1) is 11.8 Å². The zero-order valence-electron chi connectivity index (χ0n) is 15.7. The molecule has 2 heterocycles. The van der Waals surface area contributed by atoms with E-state index in [9.17, 15) is 4.79 Å². The first-order chi connectivity index (χ1) is 14.7. The zero-order valence-corrected chi connectivity index (χ0v) is 16.4. The molecule has 0 radical (unpaired) electrons. The van der Waals surface area contributed by atoms with Gasteiger partial charge in [-0.25, -0.2) is 4.98 Å². The molecule has 0 unspecified atom stereocenters. The van der Waals surface area contributed by atoms with E-state index in [-0.39, 0.29) is 12.5 Å². The number of carbonyl (C=O) groups is 1. The predicted molar refractivity (Wildman–Crippen MR) is 114 cm³/mol. The fourth-order valence-electron chi connectivity index (χ4n) is 2.60. The van der Waals surface area contributed by atoms with Crippen LogP contribution < -0.4 is 5.32 Å². The van der Waals surface area contributed by atoms with E-state index in [1.807, 2.05) is 30.3 Å². The maximum atomic E-state index is 12.4. The number of amides is 1. The van der Waals surface area contributed by atoms with E-state index in [0.29, 0.717) is 22.2 Å². The van der Waals surface area contributed by atoms with Crippen LogP contribution in [0.4, 0.5) is 5.69 Å². The first-order valence-corrected chi connectivity index (χ1v) is 9.40. The third-order valence-corrected chi connectivity index (χ3v) is 4.24. The fraction of sp³-hybridized carbons (Fsp3) is 0.0455. The lowest BCUT2D eigenvalue weighted by Gasteiger charge is -2.04. The average molecular weight is 415 g/mol. The highest BCUT2D eigenvalue weighted by atomic mass is 35.5. The topological polar surface area (TPSA) is 85.6 Å². The van der Waals surface area contributed by atoms with Gasteiger partial charge in [0.15, 0.2) is 0 Å². The first kappa shape index (κ1) is 19.3. The number of hydrogen-bond acceptors (Lipinski definition) is 5. The number of pyridine rings is 1. The fourth-order valence-corrected chi connectivity index (χ4v) is 2.73. The Morgan fingerprint density at radius 1 is 1.03 bits per heavy atom. The SMILES string of the molecule is O=C(Cn1nnc(-c2ccc(Cl)cc2)n1)Nc1cccc(C#Cc2ccccn2)c1. The van der Waals surface area contributed by atoms with Crippen molar-refractivity contribution in [3.05, 3.63) is 89.2 Å². The van der Waals surface area contributed by atoms with Crippen molar-refractivity contribution in [1.29, 1.82) is 0 Å². The van der Waals surface area contributed by atoms with Crippen LogP contribution in [0.25, 0.3) is 11.4 Å². The van der Waals surface area contributed by atoms with Crippen LogP contribution in [-0.4, -0.2) is 31.1 Å². The standard InChI is InChI=1S/C22H15ClN6O/c23-18-10-8-17(9-11-18)22-26-28-29(27-22)15-21(30)25-20-6-3-4-16(14-20)7-12-19-5-1-2-13-24-19/h1-6,8-11,13-14H,15H2,(H,25,30). The summed E-state index contributed by atoms with van der Waals surface area (Å²) in [4.78, 5) is 17.8. The van der Waals surface area contributed by atoms with Gasteiger partial charge in [-0.2, -0.15) is 4.80 Å². The van der Waals surface area contributed by atoms with Crippen LogP contribution in [0.1, 0.15) is 11.3 Å². The number of tetrazole rings is 1. The van der Waals surface area contributed by atoms with Gasteiger partial charge >= 0.3 is 0 Å². The Hall–Kier alpha value is -4.02. The lowest BCUT2D eigenvalue weighted by Crippen LogP contribution is -2.20. The van der Waals surface area contributed by atoms with Gasteiger partial charge in [-0.05, 0) is 65.7 Å². The Kier molecular flexibility index (Phi) is 5.78. The summed E-state index contributed by atoms with van der Waals surface area (Å²) >= 11 is 5.89. The predicted octanol–water partition coefficient (Wildman–Crippen LogP) is 3.43. The molecule has 2 aromatic heterocycles. The van der Waals surface area contributed by atoms with E-state index >= 15 is 0 Å². The van der Waals surface area contributed by atoms with Crippen molar-refractivity contribution in [2.75, 3.05) is 5.32 Å². The van der Waals surface area contributed by atoms with Crippen molar-refractivity contribution in [3.8, 4) is 23.2 Å². The Morgan fingerprint density at radius 2 is 1.90 bits per heavy atom. The van der Waals surface area contributed by atoms with Crippen LogP contribution in [0.5, 0.6) is 0 Å². The van der Waals surface area contributed by atoms with E-state index in [1.165, 1.54) is 4.80 Å². The van der Waals surface area contributed by atoms with Crippen molar-refractivity contribution < 1.29 is 4.79 Å². The van der Waals surface area contributed by atoms with E-state index in [1.54, 1.807) is 42.6 Å². The molecule has 8 heteroatoms. The molecule has 0 aliphatic carbocycles. The molecule has 0 saturated heterocycles. The Labute approximate surface area is 177 Å². The number of nitrogens with zero attached hydrogens (tertiary/aromatic N) is 5. The molecule has 1 amide bonds. The molecule has 0 bridgehead atoms. The van der Waals surface area contributed by atoms with Gasteiger partial charge in [-0.15, -0.1) is 10.2 Å². The van der Waals surface area contributed by atoms with Crippen molar-refractivity contribution in [2.45, 2.75) is 6.54 Å². The second-order valence-corrected chi connectivity index (χ2v) is 6.68. The Bertz CT molecular complexity index is 1230. The first-order valence-electron chi connectivity index (χ1n) is 9.02. The molecule has 1 N–H and O–H groups in total. The van der Waals surface area contributed by atoms with Gasteiger partial charge in [-0.3, -0.25) is 4.79 Å². The molecule has 0 aliphatic rings. The molecular weight excluding hydrogens is 400 g/mol. The summed E-state index contributed by atoms with van der Waals surface area (Å²) in [5.41, 5.74) is 2.85. The summed E-state index contributed by atoms with van der Waals surface area (Å²) in [7, 11) is 0. The van der Waals surface area contributed by atoms with Gasteiger partial charge < -0.3 is 5.32 Å². The van der Waals surface area contributed by atoms with Crippen LogP contribution in [0.2, 0.25) is 5.02 Å². The number of carbonyl (C=O) groups excluding carboxylic acids is 1. The molecule has 4 rings (SSSR count). The molecule has 30 heavy (non-hydrogen) atoms. The number of anilines is 1. The van der Waals surface area contributed by atoms with Crippen LogP contribution in [0.3, 0.4) is 0 Å². The normalized spacial score (nSPS) is 10.2. The number of aromatic nitrogens is 5. The second-order valence-electron chi connectivity index (χ2n) is 6.24. The highest BCUT2D eigenvalue weighted by Gasteiger charge is 2.10. The molecule has 0 fully saturated rings. The van der Waals surface area contributed by atoms with E-state index in [0.717, 1.165) is 11.1 Å². The minimum atomic E-state index is -0.273. The molecule has 0 aliphatic heterocycles. The van der Waals surface area contributed by atoms with Crippen molar-refractivity contribution in [2.24, 2.45) is 0 Å². The third kappa shape index (κ3) is 5.07. The number of halogens is 1. The molecule has 0 saturated carbocycles. The maximum absolute atomic E-state index is 12.4. The zero-order chi connectivity index (χ0) is 20.8. The van der Waals surface area contributed by atoms with Crippen molar-refractivity contribution >= 4 is 23.2 Å². The molecule has 4 aromatic rings. The Balaban J connectivity index is 1.40. The van der Waals surface area contributed by atoms with E-state index < -0.39 is 0 Å². The number of rotatable bonds is 4. The summed E-state index contributed by atoms with van der Waals surface area (Å²) in [6.07, 6.45) is 1.69. The molecule has 0 atom stereocenters. The molecule has 7 nitrogen and oxygen atoms in total. The van der Waals surface area contributed by atoms with E-state index in [4.69, 9.17) is 11.6 Å². The lowest BCUT2D eigenvalue weighted by atomic mass is 10.2. The van der Waals surface area contributed by atoms with Crippen LogP contribution in [-0.2, 0) is 11.3 Å². The largest absolute Gasteiger partial charge is 0.324 e. The summed E-state index contributed by atoms with van der Waals surface area (Å²) in [6, 6.07) is 19.9. The highest BCUT2D eigenvalue weighted by Crippen LogP contribution is 2.17. The highest BCUT2D eigenvalue weighted by molar-refractivity contribution is 6.30. The summed E-state index contributed by atoms with van der Waals surface area (Å²) < 4.78 is 0. The third-order valence-electron chi connectivity index (χ3n) is 3.99. The Morgan fingerprint density at radius 3 is 2.70 bits per heavy atom. The van der Waals surface area contributed by atoms with Gasteiger partial charge in [0.2, 0.25) is 11.7 Å². The molecular formula is C22H15ClN6O. The van der Waals surface area contributed by atoms with Gasteiger partial charge in [-0.1, -0.05) is 29.7 Å². The van der Waals surface area contributed by atoms with Crippen LogP contribution in [0.15, 0.2) is 72.9 Å². The summed E-state index contributed by atoms with van der Waals surface area (Å²) in [5.74, 6) is 6.17. The summed E-state index contributed by atoms with van der Waals surface area (Å²) in [5, 5.41) is 15.6. The van der Waals surface area contributed by atoms with Crippen molar-refractivity contribution in [3.63, 3.8) is 0 Å². The van der Waals surface area contributed by atoms with Crippen molar-refractivity contribution in [1.82, 2.24) is 25.2 Å². The molecule has 2 aromatic carbocycles. The van der Waals surface area contributed by atoms with E-state index in [2.05, 4.69) is 37.6 Å². The van der Waals surface area contributed by atoms with Gasteiger partial charge in [0.1, 0.15) is 12.2 Å². The second kappa shape index (κ2) is 8.99. The quantitative estimate of drug-likeness (QED) is 0.517. The van der Waals surface area contributed by atoms with Gasteiger partial charge in [0.25, 0.3) is 0 Å². The number of hydrogen-bond donors (Lipinski definition) is 1. The monoisotopic (exact) mass is 414 g/mol. The maximum Gasteiger partial charge on any atom is 0.248 e. The summed E-state index contributed by atoms with van der Waals surface area (Å²) in [6.45, 7) is -0.0650. The molecule has 146 valence electrons. The minimum absolute atomic E-state index is 0.0650. The minimum Gasteiger partial charge on any atom is -0.324 e. The number of nitrogens with one attached hydrogen (secondary N) is 1. The smallest absolute Gasteiger partial charge is 0.248 e. The van der Waals surface area contributed by atoms with Crippen LogP contribution >= 0.6 is 11.6 Å². The lowest BCUT2D eigenvalue weighted by molar-refractivity contribution is -0.117.